The lowest BCUT2D eigenvalue weighted by molar-refractivity contribution is 0.213. The van der Waals surface area contributed by atoms with Gasteiger partial charge in [0, 0.05) is 27.9 Å². The fraction of sp³-hybridized carbons (Fsp3) is 0.250. The van der Waals surface area contributed by atoms with E-state index in [0.717, 1.165) is 45.4 Å². The molecule has 0 saturated carbocycles. The maximum Gasteiger partial charge on any atom is 0.113 e. The van der Waals surface area contributed by atoms with Crippen molar-refractivity contribution in [3.63, 3.8) is 0 Å². The van der Waals surface area contributed by atoms with E-state index in [1.807, 2.05) is 66.9 Å². The predicted molar refractivity (Wildman–Crippen MR) is 129 cm³/mol. The van der Waals surface area contributed by atoms with Crippen LogP contribution in [0.1, 0.15) is 36.6 Å². The van der Waals surface area contributed by atoms with Crippen molar-refractivity contribution in [2.45, 2.75) is 19.8 Å². The number of pyridine rings is 1. The van der Waals surface area contributed by atoms with Gasteiger partial charge in [-0.15, -0.1) is 0 Å². The molecule has 2 aromatic carbocycles. The first-order valence-corrected chi connectivity index (χ1v) is 11.1. The van der Waals surface area contributed by atoms with Crippen molar-refractivity contribution in [1.82, 2.24) is 9.88 Å². The third kappa shape index (κ3) is 6.22. The third-order valence-corrected chi connectivity index (χ3v) is 5.82. The molecule has 1 fully saturated rings. The fourth-order valence-corrected chi connectivity index (χ4v) is 3.65. The minimum Gasteiger partial charge on any atom is -0.292 e. The molecule has 0 amide bonds. The molecule has 0 unspecified atom stereocenters. The van der Waals surface area contributed by atoms with Crippen LogP contribution in [0.25, 0.3) is 11.1 Å². The average molecular weight is 425 g/mol. The Labute approximate surface area is 190 Å². The maximum atomic E-state index is 5.95. The molecule has 1 aliphatic heterocycles. The molecule has 4 rings (SSSR count). The Kier molecular flexibility index (Phi) is 7.06. The summed E-state index contributed by atoms with van der Waals surface area (Å²) in [5.41, 5.74) is 4.87. The molecular formula is C28H25ClN2. The van der Waals surface area contributed by atoms with Crippen molar-refractivity contribution in [1.29, 1.82) is 0 Å². The lowest BCUT2D eigenvalue weighted by atomic mass is 9.99. The van der Waals surface area contributed by atoms with E-state index in [9.17, 15) is 0 Å². The number of likely N-dealkylation sites (tertiary alicyclic amines) is 1. The predicted octanol–water partition coefficient (Wildman–Crippen LogP) is 5.89. The molecule has 3 heteroatoms. The van der Waals surface area contributed by atoms with E-state index in [2.05, 4.69) is 40.5 Å². The Bertz CT molecular complexity index is 1120. The Morgan fingerprint density at radius 1 is 0.839 bits per heavy atom. The second-order valence-corrected chi connectivity index (χ2v) is 8.46. The first kappa shape index (κ1) is 21.2. The second-order valence-electron chi connectivity index (χ2n) is 8.03. The van der Waals surface area contributed by atoms with Crippen LogP contribution in [0, 0.1) is 29.6 Å². The lowest BCUT2D eigenvalue weighted by Gasteiger charge is -2.28. The summed E-state index contributed by atoms with van der Waals surface area (Å²) in [5.74, 6) is 13.7. The van der Waals surface area contributed by atoms with Crippen LogP contribution in [-0.4, -0.2) is 29.5 Å². The van der Waals surface area contributed by atoms with Gasteiger partial charge in [-0.25, -0.2) is 4.98 Å². The molecule has 0 bridgehead atoms. The van der Waals surface area contributed by atoms with Crippen molar-refractivity contribution < 1.29 is 0 Å². The summed E-state index contributed by atoms with van der Waals surface area (Å²) >= 11 is 5.95. The van der Waals surface area contributed by atoms with E-state index < -0.39 is 0 Å². The van der Waals surface area contributed by atoms with Gasteiger partial charge in [0.15, 0.2) is 0 Å². The molecule has 1 aliphatic rings. The van der Waals surface area contributed by atoms with E-state index in [1.54, 1.807) is 0 Å². The van der Waals surface area contributed by atoms with Gasteiger partial charge < -0.3 is 0 Å². The first-order valence-electron chi connectivity index (χ1n) is 10.7. The van der Waals surface area contributed by atoms with Crippen LogP contribution in [0.2, 0.25) is 5.02 Å². The topological polar surface area (TPSA) is 16.1 Å². The minimum atomic E-state index is 0.729. The maximum absolute atomic E-state index is 5.95. The van der Waals surface area contributed by atoms with Crippen molar-refractivity contribution in [3.8, 4) is 34.8 Å². The van der Waals surface area contributed by atoms with Gasteiger partial charge in [-0.05, 0) is 85.8 Å². The van der Waals surface area contributed by atoms with Crippen LogP contribution in [0.15, 0.2) is 66.9 Å². The zero-order valence-corrected chi connectivity index (χ0v) is 18.5. The van der Waals surface area contributed by atoms with Crippen molar-refractivity contribution in [2.75, 3.05) is 19.6 Å². The highest BCUT2D eigenvalue weighted by Crippen LogP contribution is 2.20. The number of hydrogen-bond donors (Lipinski definition) is 0. The molecule has 31 heavy (non-hydrogen) atoms. The Hall–Kier alpha value is -3.04. The quantitative estimate of drug-likeness (QED) is 0.477. The zero-order valence-electron chi connectivity index (χ0n) is 17.7. The number of nitrogens with zero attached hydrogens (tertiary/aromatic N) is 2. The summed E-state index contributed by atoms with van der Waals surface area (Å²) in [4.78, 5) is 6.91. The van der Waals surface area contributed by atoms with Crippen molar-refractivity contribution in [2.24, 2.45) is 5.92 Å². The Morgan fingerprint density at radius 2 is 1.48 bits per heavy atom. The highest BCUT2D eigenvalue weighted by Gasteiger charge is 2.13. The highest BCUT2D eigenvalue weighted by molar-refractivity contribution is 6.30. The van der Waals surface area contributed by atoms with E-state index in [4.69, 9.17) is 11.6 Å². The van der Waals surface area contributed by atoms with E-state index in [0.29, 0.717) is 0 Å². The summed E-state index contributed by atoms with van der Waals surface area (Å²) in [6, 6.07) is 19.8. The van der Waals surface area contributed by atoms with Gasteiger partial charge in [-0.2, -0.15) is 0 Å². The second kappa shape index (κ2) is 10.3. The monoisotopic (exact) mass is 424 g/mol. The largest absolute Gasteiger partial charge is 0.292 e. The molecule has 154 valence electrons. The van der Waals surface area contributed by atoms with Gasteiger partial charge in [-0.3, -0.25) is 4.90 Å². The summed E-state index contributed by atoms with van der Waals surface area (Å²) < 4.78 is 0. The summed E-state index contributed by atoms with van der Waals surface area (Å²) in [5, 5.41) is 0.729. The molecule has 1 saturated heterocycles. The summed E-state index contributed by atoms with van der Waals surface area (Å²) in [6.45, 7) is 5.52. The van der Waals surface area contributed by atoms with Gasteiger partial charge in [0.2, 0.25) is 0 Å². The van der Waals surface area contributed by atoms with Crippen LogP contribution < -0.4 is 0 Å². The Balaban J connectivity index is 1.34. The van der Waals surface area contributed by atoms with Gasteiger partial charge in [0.25, 0.3) is 0 Å². The van der Waals surface area contributed by atoms with Gasteiger partial charge in [-0.1, -0.05) is 54.5 Å². The average Bonchev–Trinajstić information content (AvgIpc) is 2.81. The van der Waals surface area contributed by atoms with Crippen molar-refractivity contribution >= 4 is 11.6 Å². The summed E-state index contributed by atoms with van der Waals surface area (Å²) in [7, 11) is 0. The molecule has 0 N–H and O–H groups in total. The highest BCUT2D eigenvalue weighted by atomic mass is 35.5. The number of rotatable bonds is 2. The number of hydrogen-bond acceptors (Lipinski definition) is 2. The van der Waals surface area contributed by atoms with Crippen LogP contribution in [0.3, 0.4) is 0 Å². The molecule has 2 nitrogen and oxygen atoms in total. The summed E-state index contributed by atoms with van der Waals surface area (Å²) in [6.07, 6.45) is 4.41. The van der Waals surface area contributed by atoms with Gasteiger partial charge >= 0.3 is 0 Å². The van der Waals surface area contributed by atoms with Gasteiger partial charge in [0.05, 0.1) is 6.54 Å². The molecule has 0 radical (unpaired) electrons. The SMILES string of the molecule is CC1CCN(CC#Cc2ccc(C#Cc3ccc(-c4ccc(Cl)cc4)cn3)cc2)CC1. The Morgan fingerprint density at radius 3 is 2.13 bits per heavy atom. The van der Waals surface area contributed by atoms with Crippen LogP contribution >= 0.6 is 11.6 Å². The fourth-order valence-electron chi connectivity index (χ4n) is 3.53. The number of aromatic nitrogens is 1. The van der Waals surface area contributed by atoms with E-state index in [-0.39, 0.29) is 0 Å². The van der Waals surface area contributed by atoms with Crippen LogP contribution in [0.5, 0.6) is 0 Å². The van der Waals surface area contributed by atoms with E-state index in [1.165, 1.54) is 25.9 Å². The number of piperidine rings is 1. The van der Waals surface area contributed by atoms with Gasteiger partial charge in [0.1, 0.15) is 5.69 Å². The van der Waals surface area contributed by atoms with Crippen molar-refractivity contribution in [3.05, 3.63) is 88.7 Å². The molecule has 3 aromatic rings. The lowest BCUT2D eigenvalue weighted by Crippen LogP contribution is -2.33. The zero-order chi connectivity index (χ0) is 21.5. The van der Waals surface area contributed by atoms with E-state index >= 15 is 0 Å². The third-order valence-electron chi connectivity index (χ3n) is 5.57. The molecule has 0 aliphatic carbocycles. The molecule has 0 atom stereocenters. The number of halogens is 1. The normalized spacial score (nSPS) is 14.3. The molecule has 1 aromatic heterocycles. The smallest absolute Gasteiger partial charge is 0.113 e. The van der Waals surface area contributed by atoms with Crippen LogP contribution in [-0.2, 0) is 0 Å². The van der Waals surface area contributed by atoms with Crippen LogP contribution in [0.4, 0.5) is 0 Å². The molecule has 2 heterocycles. The minimum absolute atomic E-state index is 0.729. The first-order chi connectivity index (χ1) is 15.2. The number of benzene rings is 2. The standard InChI is InChI=1S/C28H25ClN2/c1-22-16-19-31(20-17-22)18-2-3-23-4-6-24(7-5-23)8-14-28-15-11-26(21-30-28)25-9-12-27(29)13-10-25/h4-7,9-13,15,21-22H,16-20H2,1H3. The molecule has 0 spiro atoms. The molecular weight excluding hydrogens is 400 g/mol.